The van der Waals surface area contributed by atoms with Crippen molar-refractivity contribution < 1.29 is 14.3 Å². The van der Waals surface area contributed by atoms with Crippen LogP contribution in [-0.2, 0) is 34.0 Å². The van der Waals surface area contributed by atoms with E-state index >= 15 is 0 Å². The van der Waals surface area contributed by atoms with Gasteiger partial charge in [0.15, 0.2) is 0 Å². The van der Waals surface area contributed by atoms with Gasteiger partial charge in [0.1, 0.15) is 0 Å². The summed E-state index contributed by atoms with van der Waals surface area (Å²) in [7, 11) is 1.60. The fourth-order valence-corrected chi connectivity index (χ4v) is 2.84. The molecule has 1 aliphatic heterocycles. The number of aromatic amines is 1. The van der Waals surface area contributed by atoms with Crippen LogP contribution in [0.2, 0.25) is 0 Å². The number of methoxy groups -OCH3 is 1. The maximum Gasteiger partial charge on any atom is 0.225 e. The molecule has 2 aromatic heterocycles. The standard InChI is InChI=1S/C17H21N5O3/c1-25-11-15-7-14(20-21-15)8-19-17(24)12-6-16(23)22(9-12)10-13-4-2-3-5-18-13/h2-5,7,12H,6,8-11H2,1H3,(H,19,24)(H,20,21)/t12-/m1/s1. The van der Waals surface area contributed by atoms with Crippen LogP contribution < -0.4 is 5.32 Å². The summed E-state index contributed by atoms with van der Waals surface area (Å²) in [6.07, 6.45) is 1.93. The number of rotatable bonds is 7. The highest BCUT2D eigenvalue weighted by atomic mass is 16.5. The van der Waals surface area contributed by atoms with Gasteiger partial charge in [0.2, 0.25) is 11.8 Å². The van der Waals surface area contributed by atoms with Gasteiger partial charge in [-0.05, 0) is 18.2 Å². The Labute approximate surface area is 145 Å². The minimum atomic E-state index is -0.336. The fourth-order valence-electron chi connectivity index (χ4n) is 2.84. The first-order valence-electron chi connectivity index (χ1n) is 8.13. The predicted molar refractivity (Wildman–Crippen MR) is 88.9 cm³/mol. The lowest BCUT2D eigenvalue weighted by atomic mass is 10.1. The molecule has 2 N–H and O–H groups in total. The van der Waals surface area contributed by atoms with Crippen molar-refractivity contribution in [2.75, 3.05) is 13.7 Å². The van der Waals surface area contributed by atoms with E-state index in [4.69, 9.17) is 4.74 Å². The Balaban J connectivity index is 1.50. The third-order valence-electron chi connectivity index (χ3n) is 4.09. The van der Waals surface area contributed by atoms with Crippen molar-refractivity contribution in [1.29, 1.82) is 0 Å². The number of carbonyl (C=O) groups excluding carboxylic acids is 2. The minimum Gasteiger partial charge on any atom is -0.378 e. The van der Waals surface area contributed by atoms with Crippen molar-refractivity contribution in [3.05, 3.63) is 47.5 Å². The van der Waals surface area contributed by atoms with Gasteiger partial charge in [0, 0.05) is 26.3 Å². The van der Waals surface area contributed by atoms with Crippen LogP contribution in [0.5, 0.6) is 0 Å². The summed E-state index contributed by atoms with van der Waals surface area (Å²) in [5.74, 6) is -0.480. The molecule has 132 valence electrons. The number of amides is 2. The smallest absolute Gasteiger partial charge is 0.225 e. The number of hydrogen-bond acceptors (Lipinski definition) is 5. The van der Waals surface area contributed by atoms with Crippen LogP contribution in [0.25, 0.3) is 0 Å². The number of nitrogens with zero attached hydrogens (tertiary/aromatic N) is 3. The fraction of sp³-hybridized carbons (Fsp3) is 0.412. The van der Waals surface area contributed by atoms with Crippen molar-refractivity contribution in [3.63, 3.8) is 0 Å². The zero-order valence-electron chi connectivity index (χ0n) is 14.1. The first-order chi connectivity index (χ1) is 12.2. The molecule has 0 aromatic carbocycles. The van der Waals surface area contributed by atoms with Crippen molar-refractivity contribution in [1.82, 2.24) is 25.4 Å². The lowest BCUT2D eigenvalue weighted by molar-refractivity contribution is -0.129. The van der Waals surface area contributed by atoms with Crippen molar-refractivity contribution in [3.8, 4) is 0 Å². The second-order valence-corrected chi connectivity index (χ2v) is 6.03. The normalized spacial score (nSPS) is 17.1. The molecule has 1 atom stereocenters. The molecule has 0 aliphatic carbocycles. The largest absolute Gasteiger partial charge is 0.378 e. The molecule has 25 heavy (non-hydrogen) atoms. The Bertz CT molecular complexity index is 731. The summed E-state index contributed by atoms with van der Waals surface area (Å²) in [6.45, 7) is 1.62. The molecule has 1 aliphatic rings. The molecule has 2 aromatic rings. The Morgan fingerprint density at radius 1 is 1.44 bits per heavy atom. The SMILES string of the molecule is COCc1cc(CNC(=O)[C@@H]2CC(=O)N(Cc3ccccn3)C2)[nH]n1. The highest BCUT2D eigenvalue weighted by Crippen LogP contribution is 2.20. The molecule has 8 nitrogen and oxygen atoms in total. The molecule has 0 unspecified atom stereocenters. The van der Waals surface area contributed by atoms with E-state index in [9.17, 15) is 9.59 Å². The van der Waals surface area contributed by atoms with Gasteiger partial charge < -0.3 is 15.0 Å². The first kappa shape index (κ1) is 17.1. The highest BCUT2D eigenvalue weighted by molar-refractivity contribution is 5.89. The van der Waals surface area contributed by atoms with Gasteiger partial charge in [-0.3, -0.25) is 19.7 Å². The average molecular weight is 343 g/mol. The van der Waals surface area contributed by atoms with Gasteiger partial charge in [-0.1, -0.05) is 6.07 Å². The Kier molecular flexibility index (Phi) is 5.39. The third-order valence-corrected chi connectivity index (χ3v) is 4.09. The lowest BCUT2D eigenvalue weighted by Gasteiger charge is -2.16. The van der Waals surface area contributed by atoms with E-state index in [0.29, 0.717) is 26.2 Å². The van der Waals surface area contributed by atoms with E-state index < -0.39 is 0 Å². The van der Waals surface area contributed by atoms with Crippen LogP contribution in [0.1, 0.15) is 23.5 Å². The lowest BCUT2D eigenvalue weighted by Crippen LogP contribution is -2.32. The summed E-state index contributed by atoms with van der Waals surface area (Å²) >= 11 is 0. The van der Waals surface area contributed by atoms with Gasteiger partial charge >= 0.3 is 0 Å². The molecule has 0 spiro atoms. The molecular formula is C17H21N5O3. The van der Waals surface area contributed by atoms with Crippen molar-refractivity contribution >= 4 is 11.8 Å². The number of ether oxygens (including phenoxy) is 1. The maximum absolute atomic E-state index is 12.3. The molecule has 2 amide bonds. The van der Waals surface area contributed by atoms with Gasteiger partial charge in [-0.2, -0.15) is 5.10 Å². The van der Waals surface area contributed by atoms with Crippen LogP contribution >= 0.6 is 0 Å². The molecular weight excluding hydrogens is 322 g/mol. The van der Waals surface area contributed by atoms with Crippen LogP contribution in [0.3, 0.4) is 0 Å². The number of hydrogen-bond donors (Lipinski definition) is 2. The minimum absolute atomic E-state index is 0.0188. The van der Waals surface area contributed by atoms with E-state index in [-0.39, 0.29) is 24.2 Å². The van der Waals surface area contributed by atoms with E-state index in [2.05, 4.69) is 20.5 Å². The summed E-state index contributed by atoms with van der Waals surface area (Å²) in [5, 5.41) is 9.79. The Morgan fingerprint density at radius 3 is 3.08 bits per heavy atom. The molecule has 8 heteroatoms. The number of aromatic nitrogens is 3. The van der Waals surface area contributed by atoms with E-state index in [1.807, 2.05) is 24.3 Å². The number of nitrogens with one attached hydrogen (secondary N) is 2. The van der Waals surface area contributed by atoms with E-state index in [0.717, 1.165) is 17.1 Å². The van der Waals surface area contributed by atoms with E-state index in [1.165, 1.54) is 0 Å². The van der Waals surface area contributed by atoms with Gasteiger partial charge in [0.05, 0.1) is 42.7 Å². The summed E-state index contributed by atoms with van der Waals surface area (Å²) < 4.78 is 5.00. The topological polar surface area (TPSA) is 100 Å². The number of H-pyrrole nitrogens is 1. The van der Waals surface area contributed by atoms with Gasteiger partial charge in [-0.15, -0.1) is 0 Å². The third kappa shape index (κ3) is 4.42. The monoisotopic (exact) mass is 343 g/mol. The molecule has 1 fully saturated rings. The summed E-state index contributed by atoms with van der Waals surface area (Å²) in [5.41, 5.74) is 2.40. The van der Waals surface area contributed by atoms with Gasteiger partial charge in [0.25, 0.3) is 0 Å². The molecule has 3 rings (SSSR count). The Morgan fingerprint density at radius 2 is 2.32 bits per heavy atom. The van der Waals surface area contributed by atoms with E-state index in [1.54, 1.807) is 18.2 Å². The van der Waals surface area contributed by atoms with Crippen LogP contribution in [-0.4, -0.2) is 45.6 Å². The van der Waals surface area contributed by atoms with Crippen LogP contribution in [0.4, 0.5) is 0 Å². The van der Waals surface area contributed by atoms with Crippen LogP contribution in [0.15, 0.2) is 30.5 Å². The maximum atomic E-state index is 12.3. The zero-order valence-corrected chi connectivity index (χ0v) is 14.1. The number of carbonyl (C=O) groups is 2. The number of likely N-dealkylation sites (tertiary alicyclic amines) is 1. The molecule has 0 saturated carbocycles. The average Bonchev–Trinajstić information content (AvgIpc) is 3.21. The number of pyridine rings is 1. The molecule has 0 radical (unpaired) electrons. The quantitative estimate of drug-likeness (QED) is 0.767. The summed E-state index contributed by atoms with van der Waals surface area (Å²) in [4.78, 5) is 30.4. The van der Waals surface area contributed by atoms with Crippen molar-refractivity contribution in [2.24, 2.45) is 5.92 Å². The van der Waals surface area contributed by atoms with Crippen molar-refractivity contribution in [2.45, 2.75) is 26.1 Å². The zero-order chi connectivity index (χ0) is 17.6. The second kappa shape index (κ2) is 7.89. The Hall–Kier alpha value is -2.74. The molecule has 3 heterocycles. The van der Waals surface area contributed by atoms with Gasteiger partial charge in [-0.25, -0.2) is 0 Å². The second-order valence-electron chi connectivity index (χ2n) is 6.03. The molecule has 1 saturated heterocycles. The highest BCUT2D eigenvalue weighted by Gasteiger charge is 2.34. The van der Waals surface area contributed by atoms with Crippen LogP contribution in [0, 0.1) is 5.92 Å². The molecule has 0 bridgehead atoms. The summed E-state index contributed by atoms with van der Waals surface area (Å²) in [6, 6.07) is 7.43. The predicted octanol–water partition coefficient (Wildman–Crippen LogP) is 0.616. The first-order valence-corrected chi connectivity index (χ1v) is 8.13.